The lowest BCUT2D eigenvalue weighted by Gasteiger charge is -2.34. The summed E-state index contributed by atoms with van der Waals surface area (Å²) in [4.78, 5) is 40.4. The summed E-state index contributed by atoms with van der Waals surface area (Å²) in [5.41, 5.74) is 5.29. The summed E-state index contributed by atoms with van der Waals surface area (Å²) in [5.74, 6) is -0.341. The van der Waals surface area contributed by atoms with Crippen LogP contribution < -0.4 is 11.1 Å². The zero-order valence-electron chi connectivity index (χ0n) is 20.3. The second-order valence-corrected chi connectivity index (χ2v) is 10.3. The van der Waals surface area contributed by atoms with E-state index in [1.54, 1.807) is 18.5 Å². The first-order chi connectivity index (χ1) is 15.4. The molecule has 0 spiro atoms. The summed E-state index contributed by atoms with van der Waals surface area (Å²) in [7, 11) is 0. The lowest BCUT2D eigenvalue weighted by Crippen LogP contribution is -2.52. The van der Waals surface area contributed by atoms with Crippen LogP contribution in [0.5, 0.6) is 0 Å². The van der Waals surface area contributed by atoms with Gasteiger partial charge < -0.3 is 21.1 Å². The van der Waals surface area contributed by atoms with Crippen molar-refractivity contribution in [3.8, 4) is 0 Å². The van der Waals surface area contributed by atoms with E-state index in [-0.39, 0.29) is 31.2 Å². The Labute approximate surface area is 194 Å². The number of β-amino-alcohol motifs (C(OH)–C–C–N with tert-alkyl or cyclic N) is 1. The predicted octanol–water partition coefficient (Wildman–Crippen LogP) is 0.316. The fraction of sp³-hybridized carbons (Fsp3) is 0.696. The molecular formula is C23H37N6O4+. The van der Waals surface area contributed by atoms with Gasteiger partial charge in [0.25, 0.3) is 0 Å². The number of ketones is 1. The molecule has 2 aliphatic rings. The number of amides is 2. The first kappa shape index (κ1) is 25.0. The highest BCUT2D eigenvalue weighted by Gasteiger charge is 2.45. The summed E-state index contributed by atoms with van der Waals surface area (Å²) in [5, 5.41) is 21.6. The molecule has 3 atom stereocenters. The first-order valence-electron chi connectivity index (χ1n) is 11.7. The van der Waals surface area contributed by atoms with Crippen LogP contribution in [0.4, 0.5) is 0 Å². The van der Waals surface area contributed by atoms with Crippen molar-refractivity contribution >= 4 is 17.6 Å². The lowest BCUT2D eigenvalue weighted by molar-refractivity contribution is -0.303. The number of carbonyl (C=O) groups excluding carboxylic acids is 3. The van der Waals surface area contributed by atoms with Gasteiger partial charge in [0.1, 0.15) is 17.8 Å². The third-order valence-electron chi connectivity index (χ3n) is 6.32. The Kier molecular flexibility index (Phi) is 7.38. The number of likely N-dealkylation sites (tertiary alicyclic amines) is 1. The molecule has 2 amide bonds. The molecule has 33 heavy (non-hydrogen) atoms. The minimum absolute atomic E-state index is 0.0476. The summed E-state index contributed by atoms with van der Waals surface area (Å²) in [6, 6.07) is -1.50. The number of nitrogens with zero attached hydrogens (tertiary/aromatic N) is 4. The highest BCUT2D eigenvalue weighted by Crippen LogP contribution is 2.40. The van der Waals surface area contributed by atoms with Crippen LogP contribution in [0.2, 0.25) is 0 Å². The zero-order valence-corrected chi connectivity index (χ0v) is 20.3. The highest BCUT2D eigenvalue weighted by molar-refractivity contribution is 5.97. The van der Waals surface area contributed by atoms with Crippen LogP contribution in [0.1, 0.15) is 78.0 Å². The topological polar surface area (TPSA) is 145 Å². The second-order valence-electron chi connectivity index (χ2n) is 10.3. The third-order valence-corrected chi connectivity index (χ3v) is 6.32. The Morgan fingerprint density at radius 3 is 2.52 bits per heavy atom. The van der Waals surface area contributed by atoms with Gasteiger partial charge in [0.05, 0.1) is 23.9 Å². The summed E-state index contributed by atoms with van der Waals surface area (Å²) in [6.07, 6.45) is 3.65. The molecule has 1 aromatic rings. The summed E-state index contributed by atoms with van der Waals surface area (Å²) in [6.45, 7) is 9.43. The number of Topliss-reactive ketones (excluding diaryl/α,β-unsaturated/α-hetero) is 1. The van der Waals surface area contributed by atoms with Gasteiger partial charge in [-0.25, -0.2) is 4.68 Å². The van der Waals surface area contributed by atoms with E-state index in [2.05, 4.69) is 21.4 Å². The van der Waals surface area contributed by atoms with Gasteiger partial charge in [-0.2, -0.15) is 0 Å². The van der Waals surface area contributed by atoms with Gasteiger partial charge in [0, 0.05) is 38.4 Å². The van der Waals surface area contributed by atoms with Crippen molar-refractivity contribution in [2.45, 2.75) is 84.4 Å². The van der Waals surface area contributed by atoms with Gasteiger partial charge in [-0.05, 0) is 18.3 Å². The van der Waals surface area contributed by atoms with Crippen LogP contribution in [-0.4, -0.2) is 67.8 Å². The Morgan fingerprint density at radius 2 is 1.97 bits per heavy atom. The number of nitrogens with one attached hydrogen (secondary N) is 1. The summed E-state index contributed by atoms with van der Waals surface area (Å²) < 4.78 is 1.60. The number of rotatable bonds is 8. The van der Waals surface area contributed by atoms with E-state index in [1.165, 1.54) is 4.90 Å². The molecule has 0 radical (unpaired) electrons. The van der Waals surface area contributed by atoms with Crippen LogP contribution in [0, 0.1) is 5.41 Å². The molecule has 1 saturated heterocycles. The molecule has 0 bridgehead atoms. The highest BCUT2D eigenvalue weighted by atomic mass is 16.3. The van der Waals surface area contributed by atoms with Crippen molar-refractivity contribution in [3.05, 3.63) is 23.2 Å². The molecule has 1 aliphatic carbocycles. The average Bonchev–Trinajstić information content (AvgIpc) is 3.34. The van der Waals surface area contributed by atoms with Crippen LogP contribution >= 0.6 is 0 Å². The Bertz CT molecular complexity index is 939. The van der Waals surface area contributed by atoms with Gasteiger partial charge >= 0.3 is 0 Å². The average molecular weight is 462 g/mol. The molecule has 2 fully saturated rings. The van der Waals surface area contributed by atoms with Crippen molar-refractivity contribution in [2.24, 2.45) is 5.41 Å². The molecule has 5 N–H and O–H groups in total. The van der Waals surface area contributed by atoms with Crippen molar-refractivity contribution in [1.29, 1.82) is 0 Å². The number of carbonyl (C=O) groups is 3. The molecule has 10 heteroatoms. The van der Waals surface area contributed by atoms with E-state index >= 15 is 0 Å². The Balaban J connectivity index is 1.79. The largest absolute Gasteiger partial charge is 0.391 e. The molecule has 10 nitrogen and oxygen atoms in total. The Hall–Kier alpha value is -2.59. The van der Waals surface area contributed by atoms with Crippen LogP contribution in [0.25, 0.3) is 0 Å². The number of aromatic nitrogens is 3. The number of hydrogen-bond donors (Lipinski definition) is 3. The predicted molar refractivity (Wildman–Crippen MR) is 121 cm³/mol. The Morgan fingerprint density at radius 1 is 1.30 bits per heavy atom. The van der Waals surface area contributed by atoms with Crippen LogP contribution in [0.15, 0.2) is 17.5 Å². The van der Waals surface area contributed by atoms with Gasteiger partial charge in [-0.3, -0.25) is 14.4 Å². The number of allylic oxidation sites excluding steroid dienone is 1. The molecule has 1 saturated carbocycles. The minimum atomic E-state index is -0.827. The lowest BCUT2D eigenvalue weighted by atomic mass is 9.85. The number of aliphatic hydroxyl groups is 1. The van der Waals surface area contributed by atoms with Gasteiger partial charge in [-0.1, -0.05) is 32.9 Å². The maximum Gasteiger partial charge on any atom is 0.248 e. The fourth-order valence-corrected chi connectivity index (χ4v) is 4.32. The van der Waals surface area contributed by atoms with Crippen molar-refractivity contribution < 1.29 is 25.2 Å². The molecule has 2 unspecified atom stereocenters. The monoisotopic (exact) mass is 461 g/mol. The van der Waals surface area contributed by atoms with Crippen LogP contribution in [-0.2, 0) is 14.4 Å². The van der Waals surface area contributed by atoms with E-state index in [0.29, 0.717) is 23.6 Å². The first-order valence-corrected chi connectivity index (χ1v) is 11.7. The SMILES string of the molecule is CCC(=O)/C(CNC(=O)[C@@H]1CC(O)CN1C(=O)C(n1cc(C2CC2)nn1)C(C)(C)C)=C(/C)[NH3+]. The number of aliphatic hydroxyl groups excluding tert-OH is 1. The van der Waals surface area contributed by atoms with Crippen LogP contribution in [0.3, 0.4) is 0 Å². The maximum atomic E-state index is 13.7. The molecule has 3 rings (SSSR count). The zero-order chi connectivity index (χ0) is 24.5. The van der Waals surface area contributed by atoms with E-state index in [1.807, 2.05) is 27.0 Å². The molecular weight excluding hydrogens is 424 g/mol. The molecule has 0 aromatic carbocycles. The van der Waals surface area contributed by atoms with E-state index in [0.717, 1.165) is 18.5 Å². The van der Waals surface area contributed by atoms with E-state index in [4.69, 9.17) is 0 Å². The number of quaternary nitrogens is 1. The van der Waals surface area contributed by atoms with Gasteiger partial charge in [-0.15, -0.1) is 5.10 Å². The van der Waals surface area contributed by atoms with Crippen molar-refractivity contribution in [1.82, 2.24) is 25.2 Å². The second kappa shape index (κ2) is 9.72. The quantitative estimate of drug-likeness (QED) is 0.475. The van der Waals surface area contributed by atoms with Gasteiger partial charge in [0.15, 0.2) is 5.78 Å². The van der Waals surface area contributed by atoms with E-state index in [9.17, 15) is 19.5 Å². The van der Waals surface area contributed by atoms with E-state index < -0.39 is 29.5 Å². The fourth-order valence-electron chi connectivity index (χ4n) is 4.32. The molecule has 2 heterocycles. The number of hydrogen-bond acceptors (Lipinski definition) is 6. The molecule has 182 valence electrons. The van der Waals surface area contributed by atoms with Gasteiger partial charge in [0.2, 0.25) is 11.8 Å². The molecule has 1 aromatic heterocycles. The maximum absolute atomic E-state index is 13.7. The third kappa shape index (κ3) is 5.67. The normalized spacial score (nSPS) is 22.7. The molecule has 1 aliphatic heterocycles. The van der Waals surface area contributed by atoms with Crippen molar-refractivity contribution in [3.63, 3.8) is 0 Å². The standard InChI is InChI=1S/C23H36N6O4/c1-6-19(31)16(13(2)24)10-25-21(32)18-9-15(30)11-28(18)22(33)20(23(3,4)5)29-12-17(26-27-29)14-7-8-14/h12,14-15,18,20,30H,6-11,24H2,1-5H3,(H,25,32)/p+1/b16-13-/t15?,18-,20?/m0/s1. The van der Waals surface area contributed by atoms with Crippen molar-refractivity contribution in [2.75, 3.05) is 13.1 Å². The minimum Gasteiger partial charge on any atom is -0.391 e. The summed E-state index contributed by atoms with van der Waals surface area (Å²) >= 11 is 0. The smallest absolute Gasteiger partial charge is 0.248 e.